The molecule has 0 bridgehead atoms. The fraction of sp³-hybridized carbons (Fsp3) is 0.588. The maximum absolute atomic E-state index is 9.27. The average Bonchev–Trinajstić information content (AvgIpc) is 2.46. The molecule has 1 N–H and O–H groups in total. The molecule has 4 heteroatoms. The molecule has 4 nitrogen and oxygen atoms in total. The molecule has 2 unspecified atom stereocenters. The minimum atomic E-state index is -0.549. The van der Waals surface area contributed by atoms with E-state index in [1.54, 1.807) is 7.11 Å². The normalized spacial score (nSPS) is 15.0. The third kappa shape index (κ3) is 6.16. The summed E-state index contributed by atoms with van der Waals surface area (Å²) in [5.74, 6) is 0.834. The highest BCUT2D eigenvalue weighted by atomic mass is 16.5. The van der Waals surface area contributed by atoms with Crippen molar-refractivity contribution in [1.82, 2.24) is 5.32 Å². The number of hydrogen-bond acceptors (Lipinski definition) is 4. The van der Waals surface area contributed by atoms with Crippen molar-refractivity contribution in [3.05, 3.63) is 29.8 Å². The second-order valence-corrected chi connectivity index (χ2v) is 5.49. The highest BCUT2D eigenvalue weighted by molar-refractivity contribution is 5.27. The molecule has 0 saturated heterocycles. The third-order valence-corrected chi connectivity index (χ3v) is 3.36. The molecular formula is C17H26N2O2. The first kappa shape index (κ1) is 17.5. The van der Waals surface area contributed by atoms with Crippen LogP contribution in [0.5, 0.6) is 5.75 Å². The fourth-order valence-corrected chi connectivity index (χ4v) is 2.35. The van der Waals surface area contributed by atoms with Crippen molar-refractivity contribution >= 4 is 0 Å². The number of nitrogens with one attached hydrogen (secondary N) is 1. The quantitative estimate of drug-likeness (QED) is 0.760. The summed E-state index contributed by atoms with van der Waals surface area (Å²) >= 11 is 0. The first-order chi connectivity index (χ1) is 10.0. The minimum absolute atomic E-state index is 0.0291. The molecule has 0 heterocycles. The molecule has 1 aromatic carbocycles. The number of ether oxygens (including phenoxy) is 2. The van der Waals surface area contributed by atoms with E-state index in [0.29, 0.717) is 6.42 Å². The van der Waals surface area contributed by atoms with Crippen molar-refractivity contribution in [2.24, 2.45) is 0 Å². The van der Waals surface area contributed by atoms with Gasteiger partial charge >= 0.3 is 0 Å². The lowest BCUT2D eigenvalue weighted by Gasteiger charge is -2.26. The molecule has 21 heavy (non-hydrogen) atoms. The van der Waals surface area contributed by atoms with E-state index in [4.69, 9.17) is 9.47 Å². The summed E-state index contributed by atoms with van der Waals surface area (Å²) in [4.78, 5) is 0. The van der Waals surface area contributed by atoms with Gasteiger partial charge in [0.15, 0.2) is 0 Å². The Morgan fingerprint density at radius 2 is 2.00 bits per heavy atom. The van der Waals surface area contributed by atoms with Crippen LogP contribution in [0.3, 0.4) is 0 Å². The number of nitrogens with zero attached hydrogens (tertiary/aromatic N) is 1. The molecule has 0 aliphatic carbocycles. The van der Waals surface area contributed by atoms with E-state index in [-0.39, 0.29) is 6.10 Å². The Hall–Kier alpha value is -1.57. The van der Waals surface area contributed by atoms with Gasteiger partial charge in [-0.3, -0.25) is 5.32 Å². The van der Waals surface area contributed by atoms with Gasteiger partial charge in [0, 0.05) is 13.5 Å². The SMILES string of the molecule is CCNC(C)(C#N)CC(C)Oc1ccc(CCOC)cc1. The van der Waals surface area contributed by atoms with Crippen LogP contribution >= 0.6 is 0 Å². The predicted octanol–water partition coefficient (Wildman–Crippen LogP) is 2.92. The van der Waals surface area contributed by atoms with E-state index in [0.717, 1.165) is 25.3 Å². The first-order valence-electron chi connectivity index (χ1n) is 7.44. The molecule has 0 fully saturated rings. The van der Waals surface area contributed by atoms with Gasteiger partial charge in [-0.15, -0.1) is 0 Å². The van der Waals surface area contributed by atoms with Gasteiger partial charge in [0.05, 0.1) is 18.8 Å². The molecule has 0 aromatic heterocycles. The molecule has 1 aromatic rings. The van der Waals surface area contributed by atoms with E-state index in [1.165, 1.54) is 5.56 Å². The molecule has 0 amide bonds. The van der Waals surface area contributed by atoms with Crippen LogP contribution < -0.4 is 10.1 Å². The van der Waals surface area contributed by atoms with E-state index in [9.17, 15) is 5.26 Å². The summed E-state index contributed by atoms with van der Waals surface area (Å²) in [7, 11) is 1.70. The summed E-state index contributed by atoms with van der Waals surface area (Å²) < 4.78 is 11.0. The number of benzene rings is 1. The topological polar surface area (TPSA) is 54.3 Å². The average molecular weight is 290 g/mol. The van der Waals surface area contributed by atoms with Crippen molar-refractivity contribution in [2.75, 3.05) is 20.3 Å². The van der Waals surface area contributed by atoms with Gasteiger partial charge in [0.25, 0.3) is 0 Å². The fourth-order valence-electron chi connectivity index (χ4n) is 2.35. The Morgan fingerprint density at radius 1 is 1.33 bits per heavy atom. The van der Waals surface area contributed by atoms with Crippen LogP contribution in [0.2, 0.25) is 0 Å². The summed E-state index contributed by atoms with van der Waals surface area (Å²) in [5.41, 5.74) is 0.679. The summed E-state index contributed by atoms with van der Waals surface area (Å²) in [5, 5.41) is 12.5. The minimum Gasteiger partial charge on any atom is -0.491 e. The Labute approximate surface area is 128 Å². The van der Waals surface area contributed by atoms with E-state index < -0.39 is 5.54 Å². The monoisotopic (exact) mass is 290 g/mol. The Morgan fingerprint density at radius 3 is 2.52 bits per heavy atom. The number of rotatable bonds is 9. The van der Waals surface area contributed by atoms with Crippen LogP contribution in [0.15, 0.2) is 24.3 Å². The van der Waals surface area contributed by atoms with Gasteiger partial charge < -0.3 is 9.47 Å². The third-order valence-electron chi connectivity index (χ3n) is 3.36. The first-order valence-corrected chi connectivity index (χ1v) is 7.44. The predicted molar refractivity (Wildman–Crippen MR) is 84.4 cm³/mol. The van der Waals surface area contributed by atoms with Crippen LogP contribution in [0.4, 0.5) is 0 Å². The van der Waals surface area contributed by atoms with Gasteiger partial charge in [-0.05, 0) is 44.5 Å². The van der Waals surface area contributed by atoms with Crippen molar-refractivity contribution in [3.63, 3.8) is 0 Å². The molecule has 0 aliphatic rings. The second kappa shape index (κ2) is 8.66. The number of nitriles is 1. The smallest absolute Gasteiger partial charge is 0.119 e. The lowest BCUT2D eigenvalue weighted by atomic mass is 9.96. The Bertz CT molecular complexity index is 453. The molecule has 116 valence electrons. The Balaban J connectivity index is 2.54. The van der Waals surface area contributed by atoms with Crippen molar-refractivity contribution in [2.45, 2.75) is 45.3 Å². The number of methoxy groups -OCH3 is 1. The van der Waals surface area contributed by atoms with Crippen LogP contribution in [-0.4, -0.2) is 31.9 Å². The summed E-state index contributed by atoms with van der Waals surface area (Å²) in [6, 6.07) is 10.4. The van der Waals surface area contributed by atoms with Crippen molar-refractivity contribution in [3.8, 4) is 11.8 Å². The van der Waals surface area contributed by atoms with Gasteiger partial charge in [0.2, 0.25) is 0 Å². The lowest BCUT2D eigenvalue weighted by molar-refractivity contribution is 0.180. The largest absolute Gasteiger partial charge is 0.491 e. The molecule has 0 saturated carbocycles. The van der Waals surface area contributed by atoms with Crippen LogP contribution in [-0.2, 0) is 11.2 Å². The maximum atomic E-state index is 9.27. The lowest BCUT2D eigenvalue weighted by Crippen LogP contribution is -2.44. The molecule has 1 rings (SSSR count). The van der Waals surface area contributed by atoms with Crippen LogP contribution in [0, 0.1) is 11.3 Å². The zero-order valence-electron chi connectivity index (χ0n) is 13.5. The molecule has 0 aliphatic heterocycles. The van der Waals surface area contributed by atoms with Crippen LogP contribution in [0.1, 0.15) is 32.8 Å². The summed E-state index contributed by atoms with van der Waals surface area (Å²) in [6.45, 7) is 7.39. The molecule has 0 radical (unpaired) electrons. The maximum Gasteiger partial charge on any atom is 0.119 e. The van der Waals surface area contributed by atoms with Crippen molar-refractivity contribution in [1.29, 1.82) is 5.26 Å². The van der Waals surface area contributed by atoms with Gasteiger partial charge in [-0.1, -0.05) is 19.1 Å². The van der Waals surface area contributed by atoms with Gasteiger partial charge in [-0.2, -0.15) is 5.26 Å². The van der Waals surface area contributed by atoms with Crippen molar-refractivity contribution < 1.29 is 9.47 Å². The van der Waals surface area contributed by atoms with Gasteiger partial charge in [0.1, 0.15) is 11.3 Å². The van der Waals surface area contributed by atoms with Gasteiger partial charge in [-0.25, -0.2) is 0 Å². The zero-order valence-corrected chi connectivity index (χ0v) is 13.5. The number of hydrogen-bond donors (Lipinski definition) is 1. The standard InChI is InChI=1S/C17H26N2O2/c1-5-19-17(3,13-18)12-14(2)21-16-8-6-15(7-9-16)10-11-20-4/h6-9,14,19H,5,10-12H2,1-4H3. The zero-order chi connectivity index (χ0) is 15.7. The molecular weight excluding hydrogens is 264 g/mol. The highest BCUT2D eigenvalue weighted by Crippen LogP contribution is 2.19. The molecule has 2 atom stereocenters. The molecule has 0 spiro atoms. The Kier molecular flexibility index (Phi) is 7.21. The van der Waals surface area contributed by atoms with E-state index in [1.807, 2.05) is 32.9 Å². The summed E-state index contributed by atoms with van der Waals surface area (Å²) in [6.07, 6.45) is 1.51. The van der Waals surface area contributed by atoms with E-state index >= 15 is 0 Å². The van der Waals surface area contributed by atoms with E-state index in [2.05, 4.69) is 23.5 Å². The highest BCUT2D eigenvalue weighted by Gasteiger charge is 2.26. The van der Waals surface area contributed by atoms with Crippen LogP contribution in [0.25, 0.3) is 0 Å². The second-order valence-electron chi connectivity index (χ2n) is 5.49.